The van der Waals surface area contributed by atoms with Gasteiger partial charge < -0.3 is 19.3 Å². The zero-order valence-corrected chi connectivity index (χ0v) is 20.8. The second-order valence-corrected chi connectivity index (χ2v) is 8.49. The Hall–Kier alpha value is -3.89. The van der Waals surface area contributed by atoms with Gasteiger partial charge in [-0.1, -0.05) is 54.6 Å². The number of carbonyl (C=O) groups is 4. The molecule has 10 heteroatoms. The summed E-state index contributed by atoms with van der Waals surface area (Å²) in [5, 5.41) is 10.4. The molecule has 3 aromatic rings. The molecule has 192 valence electrons. The molecule has 37 heavy (non-hydrogen) atoms. The van der Waals surface area contributed by atoms with Gasteiger partial charge in [0.15, 0.2) is 12.3 Å². The number of esters is 3. The van der Waals surface area contributed by atoms with Crippen LogP contribution in [0.2, 0.25) is 0 Å². The number of hydrogen-bond donors (Lipinski definition) is 1. The topological polar surface area (TPSA) is 116 Å². The van der Waals surface area contributed by atoms with Crippen LogP contribution in [0.4, 0.5) is 4.39 Å². The molecule has 0 unspecified atom stereocenters. The lowest BCUT2D eigenvalue weighted by atomic mass is 10.0. The number of rotatable bonds is 11. The van der Waals surface area contributed by atoms with Crippen molar-refractivity contribution in [2.45, 2.75) is 24.5 Å². The second-order valence-electron chi connectivity index (χ2n) is 7.71. The first-order chi connectivity index (χ1) is 17.8. The Bertz CT molecular complexity index is 1210. The van der Waals surface area contributed by atoms with Gasteiger partial charge in [0, 0.05) is 0 Å². The van der Waals surface area contributed by atoms with Crippen LogP contribution < -0.4 is 0 Å². The summed E-state index contributed by atoms with van der Waals surface area (Å²) in [4.78, 5) is 49.8. The van der Waals surface area contributed by atoms with Gasteiger partial charge in [0.2, 0.25) is 10.8 Å². The largest absolute Gasteiger partial charge is 0.459 e. The summed E-state index contributed by atoms with van der Waals surface area (Å²) in [5.74, 6) is -2.85. The van der Waals surface area contributed by atoms with E-state index in [1.54, 1.807) is 54.6 Å². The highest BCUT2D eigenvalue weighted by atomic mass is 79.9. The summed E-state index contributed by atoms with van der Waals surface area (Å²) in [6.45, 7) is -0.829. The minimum atomic E-state index is -2.49. The predicted octanol–water partition coefficient (Wildman–Crippen LogP) is 3.92. The van der Waals surface area contributed by atoms with E-state index in [9.17, 15) is 24.3 Å². The van der Waals surface area contributed by atoms with E-state index in [1.165, 1.54) is 36.4 Å². The van der Waals surface area contributed by atoms with Crippen molar-refractivity contribution in [2.75, 3.05) is 6.61 Å². The SMILES string of the molecule is O=C(OC[C@@H](O)[C@@H](F)[C@H](OC(=O)c1ccccc1)[C@@H](OC(=O)c1ccccc1)C(=O)Br)c1ccccc1. The molecule has 8 nitrogen and oxygen atoms in total. The number of aliphatic hydroxyl groups excluding tert-OH is 1. The van der Waals surface area contributed by atoms with Gasteiger partial charge in [-0.25, -0.2) is 18.8 Å². The summed E-state index contributed by atoms with van der Waals surface area (Å²) in [5.41, 5.74) is 0.254. The van der Waals surface area contributed by atoms with Gasteiger partial charge in [-0.15, -0.1) is 0 Å². The van der Waals surface area contributed by atoms with Crippen molar-refractivity contribution in [3.8, 4) is 0 Å². The summed E-state index contributed by atoms with van der Waals surface area (Å²) >= 11 is 2.66. The Morgan fingerprint density at radius 2 is 1.11 bits per heavy atom. The highest BCUT2D eigenvalue weighted by molar-refractivity contribution is 9.18. The molecule has 0 fully saturated rings. The summed E-state index contributed by atoms with van der Waals surface area (Å²) in [7, 11) is 0. The molecule has 0 saturated carbocycles. The van der Waals surface area contributed by atoms with Crippen molar-refractivity contribution in [3.05, 3.63) is 108 Å². The van der Waals surface area contributed by atoms with Gasteiger partial charge in [0.25, 0.3) is 0 Å². The van der Waals surface area contributed by atoms with Crippen LogP contribution in [0.5, 0.6) is 0 Å². The van der Waals surface area contributed by atoms with Gasteiger partial charge >= 0.3 is 17.9 Å². The van der Waals surface area contributed by atoms with Gasteiger partial charge in [-0.3, -0.25) is 4.79 Å². The zero-order chi connectivity index (χ0) is 26.8. The minimum Gasteiger partial charge on any atom is -0.459 e. The molecule has 0 aliphatic heterocycles. The third-order valence-corrected chi connectivity index (χ3v) is 5.55. The normalized spacial score (nSPS) is 13.9. The van der Waals surface area contributed by atoms with Crippen molar-refractivity contribution in [1.29, 1.82) is 0 Å². The Morgan fingerprint density at radius 3 is 1.54 bits per heavy atom. The highest BCUT2D eigenvalue weighted by Crippen LogP contribution is 2.22. The van der Waals surface area contributed by atoms with Crippen molar-refractivity contribution >= 4 is 38.5 Å². The lowest BCUT2D eigenvalue weighted by Crippen LogP contribution is -2.50. The van der Waals surface area contributed by atoms with Crippen molar-refractivity contribution < 1.29 is 42.9 Å². The molecule has 0 aliphatic carbocycles. The predicted molar refractivity (Wildman–Crippen MR) is 133 cm³/mol. The van der Waals surface area contributed by atoms with Crippen LogP contribution in [-0.2, 0) is 19.0 Å². The third kappa shape index (κ3) is 7.80. The average Bonchev–Trinajstić information content (AvgIpc) is 2.94. The fourth-order valence-electron chi connectivity index (χ4n) is 3.19. The maximum absolute atomic E-state index is 15.6. The molecular formula is C27H22BrFO8. The quantitative estimate of drug-likeness (QED) is 0.209. The summed E-state index contributed by atoms with van der Waals surface area (Å²) in [6, 6.07) is 22.9. The molecule has 0 spiro atoms. The first-order valence-electron chi connectivity index (χ1n) is 11.0. The third-order valence-electron chi connectivity index (χ3n) is 5.09. The molecule has 3 rings (SSSR count). The van der Waals surface area contributed by atoms with Crippen LogP contribution >= 0.6 is 15.9 Å². The van der Waals surface area contributed by atoms with Crippen molar-refractivity contribution in [1.82, 2.24) is 0 Å². The number of benzene rings is 3. The van der Waals surface area contributed by atoms with Gasteiger partial charge in [-0.05, 0) is 52.3 Å². The van der Waals surface area contributed by atoms with Crippen molar-refractivity contribution in [3.63, 3.8) is 0 Å². The van der Waals surface area contributed by atoms with Crippen molar-refractivity contribution in [2.24, 2.45) is 0 Å². The van der Waals surface area contributed by atoms with Crippen LogP contribution in [0.3, 0.4) is 0 Å². The number of halogens is 2. The number of alkyl halides is 1. The molecule has 1 N–H and O–H groups in total. The van der Waals surface area contributed by atoms with Gasteiger partial charge in [0.05, 0.1) is 16.7 Å². The highest BCUT2D eigenvalue weighted by Gasteiger charge is 2.43. The Kier molecular flexibility index (Phi) is 10.0. The minimum absolute atomic E-state index is 0.0276. The number of carbonyl (C=O) groups excluding carboxylic acids is 4. The van der Waals surface area contributed by atoms with Gasteiger partial charge in [-0.2, -0.15) is 0 Å². The van der Waals surface area contributed by atoms with Gasteiger partial charge in [0.1, 0.15) is 12.7 Å². The standard InChI is InChI=1S/C27H22BrFO8/c28-24(31)23(37-27(34)19-14-8-3-9-15-19)22(36-26(33)18-12-6-2-7-13-18)21(29)20(30)16-35-25(32)17-10-4-1-5-11-17/h1-15,20-23,30H,16H2/t20-,21-,22+,23-/m1/s1. The number of ether oxygens (including phenoxy) is 3. The van der Waals surface area contributed by atoms with Crippen LogP contribution in [0.25, 0.3) is 0 Å². The second kappa shape index (κ2) is 13.4. The van der Waals surface area contributed by atoms with E-state index >= 15 is 4.39 Å². The van der Waals surface area contributed by atoms with E-state index in [1.807, 2.05) is 0 Å². The molecule has 3 aromatic carbocycles. The molecule has 0 bridgehead atoms. The molecule has 0 amide bonds. The maximum Gasteiger partial charge on any atom is 0.339 e. The lowest BCUT2D eigenvalue weighted by molar-refractivity contribution is -0.133. The Balaban J connectivity index is 1.81. The van der Waals surface area contributed by atoms with E-state index in [4.69, 9.17) is 14.2 Å². The van der Waals surface area contributed by atoms with E-state index in [2.05, 4.69) is 15.9 Å². The average molecular weight is 573 g/mol. The molecule has 0 heterocycles. The molecule has 0 saturated heterocycles. The first-order valence-corrected chi connectivity index (χ1v) is 11.8. The number of hydrogen-bond acceptors (Lipinski definition) is 8. The molecule has 0 aliphatic rings. The maximum atomic E-state index is 15.6. The summed E-state index contributed by atoms with van der Waals surface area (Å²) < 4.78 is 29.9. The monoisotopic (exact) mass is 572 g/mol. The van der Waals surface area contributed by atoms with Crippen LogP contribution in [0.15, 0.2) is 91.0 Å². The molecular weight excluding hydrogens is 551 g/mol. The van der Waals surface area contributed by atoms with Crippen LogP contribution in [0.1, 0.15) is 31.1 Å². The van der Waals surface area contributed by atoms with E-state index < -0.39 is 53.7 Å². The summed E-state index contributed by atoms with van der Waals surface area (Å²) in [6.07, 6.45) is -8.59. The zero-order valence-electron chi connectivity index (χ0n) is 19.2. The van der Waals surface area contributed by atoms with E-state index in [-0.39, 0.29) is 16.7 Å². The molecule has 0 radical (unpaired) electrons. The molecule has 0 aromatic heterocycles. The first kappa shape index (κ1) is 27.7. The fraction of sp³-hybridized carbons (Fsp3) is 0.185. The fourth-order valence-corrected chi connectivity index (χ4v) is 3.54. The molecule has 4 atom stereocenters. The number of aliphatic hydroxyl groups is 1. The smallest absolute Gasteiger partial charge is 0.339 e. The van der Waals surface area contributed by atoms with E-state index in [0.29, 0.717) is 0 Å². The van der Waals surface area contributed by atoms with Crippen LogP contribution in [-0.4, -0.2) is 58.8 Å². The Morgan fingerprint density at radius 1 is 0.703 bits per heavy atom. The Labute approximate surface area is 220 Å². The van der Waals surface area contributed by atoms with E-state index in [0.717, 1.165) is 0 Å². The van der Waals surface area contributed by atoms with Crippen LogP contribution in [0, 0.1) is 0 Å². The lowest BCUT2D eigenvalue weighted by Gasteiger charge is -2.29.